The van der Waals surface area contributed by atoms with Gasteiger partial charge in [0.15, 0.2) is 0 Å². The molecule has 0 radical (unpaired) electrons. The van der Waals surface area contributed by atoms with Gasteiger partial charge in [-0.3, -0.25) is 9.69 Å². The molecular weight excluding hydrogens is 280 g/mol. The van der Waals surface area contributed by atoms with Crippen LogP contribution in [0.3, 0.4) is 0 Å². The van der Waals surface area contributed by atoms with Gasteiger partial charge in [0.1, 0.15) is 12.4 Å². The fourth-order valence-electron chi connectivity index (χ4n) is 2.56. The van der Waals surface area contributed by atoms with Crippen LogP contribution in [0.15, 0.2) is 24.3 Å². The SMILES string of the molecule is CCOCCOc1ccccc1NC(=O)CN1CCCCC1. The third-order valence-electron chi connectivity index (χ3n) is 3.67. The van der Waals surface area contributed by atoms with Crippen molar-refractivity contribution in [2.45, 2.75) is 26.2 Å². The van der Waals surface area contributed by atoms with Gasteiger partial charge >= 0.3 is 0 Å². The Bertz CT molecular complexity index is 459. The van der Waals surface area contributed by atoms with Crippen molar-refractivity contribution in [3.8, 4) is 5.75 Å². The Kier molecular flexibility index (Phi) is 7.19. The lowest BCUT2D eigenvalue weighted by molar-refractivity contribution is -0.117. The van der Waals surface area contributed by atoms with Gasteiger partial charge in [-0.05, 0) is 45.0 Å². The van der Waals surface area contributed by atoms with Gasteiger partial charge in [-0.25, -0.2) is 0 Å². The Labute approximate surface area is 132 Å². The van der Waals surface area contributed by atoms with Crippen LogP contribution in [0.1, 0.15) is 26.2 Å². The van der Waals surface area contributed by atoms with Crippen molar-refractivity contribution in [1.82, 2.24) is 4.90 Å². The smallest absolute Gasteiger partial charge is 0.238 e. The molecule has 1 aliphatic heterocycles. The van der Waals surface area contributed by atoms with E-state index in [9.17, 15) is 4.79 Å². The Hall–Kier alpha value is -1.59. The van der Waals surface area contributed by atoms with Gasteiger partial charge in [-0.15, -0.1) is 0 Å². The molecule has 0 aliphatic carbocycles. The first-order chi connectivity index (χ1) is 10.8. The fraction of sp³-hybridized carbons (Fsp3) is 0.588. The number of para-hydroxylation sites is 2. The molecule has 1 N–H and O–H groups in total. The van der Waals surface area contributed by atoms with Gasteiger partial charge in [0.05, 0.1) is 18.8 Å². The summed E-state index contributed by atoms with van der Waals surface area (Å²) in [6, 6.07) is 7.52. The van der Waals surface area contributed by atoms with Crippen molar-refractivity contribution in [1.29, 1.82) is 0 Å². The van der Waals surface area contributed by atoms with E-state index >= 15 is 0 Å². The first-order valence-corrected chi connectivity index (χ1v) is 8.11. The van der Waals surface area contributed by atoms with E-state index < -0.39 is 0 Å². The molecule has 1 saturated heterocycles. The number of carbonyl (C=O) groups is 1. The molecule has 22 heavy (non-hydrogen) atoms. The number of nitrogens with one attached hydrogen (secondary N) is 1. The second-order valence-corrected chi connectivity index (χ2v) is 5.43. The molecule has 0 atom stereocenters. The van der Waals surface area contributed by atoms with E-state index in [4.69, 9.17) is 9.47 Å². The summed E-state index contributed by atoms with van der Waals surface area (Å²) >= 11 is 0. The first kappa shape index (κ1) is 16.8. The standard InChI is InChI=1S/C17H26N2O3/c1-2-21-12-13-22-16-9-5-4-8-15(16)18-17(20)14-19-10-6-3-7-11-19/h4-5,8-9H,2-3,6-7,10-14H2,1H3,(H,18,20). The molecule has 1 heterocycles. The molecule has 1 aromatic rings. The Balaban J connectivity index is 1.83. The predicted molar refractivity (Wildman–Crippen MR) is 87.4 cm³/mol. The number of likely N-dealkylation sites (tertiary alicyclic amines) is 1. The van der Waals surface area contributed by atoms with Crippen LogP contribution in [0.4, 0.5) is 5.69 Å². The summed E-state index contributed by atoms with van der Waals surface area (Å²) in [7, 11) is 0. The number of carbonyl (C=O) groups excluding carboxylic acids is 1. The number of benzene rings is 1. The van der Waals surface area contributed by atoms with E-state index in [1.807, 2.05) is 31.2 Å². The van der Waals surface area contributed by atoms with Crippen LogP contribution in [0, 0.1) is 0 Å². The number of amides is 1. The molecule has 0 unspecified atom stereocenters. The number of hydrogen-bond donors (Lipinski definition) is 1. The van der Waals surface area contributed by atoms with Crippen molar-refractivity contribution in [3.05, 3.63) is 24.3 Å². The number of piperidine rings is 1. The highest BCUT2D eigenvalue weighted by molar-refractivity contribution is 5.93. The van der Waals surface area contributed by atoms with Gasteiger partial charge in [0, 0.05) is 6.61 Å². The summed E-state index contributed by atoms with van der Waals surface area (Å²) in [4.78, 5) is 14.4. The van der Waals surface area contributed by atoms with E-state index in [1.54, 1.807) is 0 Å². The maximum Gasteiger partial charge on any atom is 0.238 e. The van der Waals surface area contributed by atoms with Crippen molar-refractivity contribution >= 4 is 11.6 Å². The van der Waals surface area contributed by atoms with Crippen LogP contribution in [0.5, 0.6) is 5.75 Å². The lowest BCUT2D eigenvalue weighted by atomic mass is 10.1. The summed E-state index contributed by atoms with van der Waals surface area (Å²) in [5.41, 5.74) is 0.723. The monoisotopic (exact) mass is 306 g/mol. The van der Waals surface area contributed by atoms with E-state index in [1.165, 1.54) is 19.3 Å². The molecule has 1 aliphatic rings. The average molecular weight is 306 g/mol. The molecule has 5 nitrogen and oxygen atoms in total. The summed E-state index contributed by atoms with van der Waals surface area (Å²) in [5.74, 6) is 0.706. The van der Waals surface area contributed by atoms with Crippen molar-refractivity contribution in [2.75, 3.05) is 44.8 Å². The highest BCUT2D eigenvalue weighted by atomic mass is 16.5. The second kappa shape index (κ2) is 9.43. The van der Waals surface area contributed by atoms with Crippen LogP contribution in [0.2, 0.25) is 0 Å². The summed E-state index contributed by atoms with van der Waals surface area (Å²) in [6.07, 6.45) is 3.64. The number of hydrogen-bond acceptors (Lipinski definition) is 4. The van der Waals surface area contributed by atoms with E-state index in [0.29, 0.717) is 32.1 Å². The van der Waals surface area contributed by atoms with Crippen molar-refractivity contribution < 1.29 is 14.3 Å². The third-order valence-corrected chi connectivity index (χ3v) is 3.67. The molecule has 0 saturated carbocycles. The Morgan fingerprint density at radius 1 is 1.18 bits per heavy atom. The van der Waals surface area contributed by atoms with E-state index in [0.717, 1.165) is 18.8 Å². The van der Waals surface area contributed by atoms with Gasteiger partial charge in [0.2, 0.25) is 5.91 Å². The average Bonchev–Trinajstić information content (AvgIpc) is 2.54. The maximum absolute atomic E-state index is 12.2. The van der Waals surface area contributed by atoms with Crippen molar-refractivity contribution in [2.24, 2.45) is 0 Å². The highest BCUT2D eigenvalue weighted by Crippen LogP contribution is 2.23. The number of anilines is 1. The summed E-state index contributed by atoms with van der Waals surface area (Å²) < 4.78 is 10.9. The number of nitrogens with zero attached hydrogens (tertiary/aromatic N) is 1. The number of rotatable bonds is 8. The maximum atomic E-state index is 12.2. The van der Waals surface area contributed by atoms with Crippen LogP contribution in [-0.4, -0.2) is 50.3 Å². The molecule has 5 heteroatoms. The normalized spacial score (nSPS) is 15.5. The zero-order valence-corrected chi connectivity index (χ0v) is 13.3. The molecule has 0 bridgehead atoms. The molecule has 1 amide bonds. The largest absolute Gasteiger partial charge is 0.489 e. The minimum Gasteiger partial charge on any atom is -0.489 e. The minimum absolute atomic E-state index is 0.0164. The Morgan fingerprint density at radius 2 is 1.95 bits per heavy atom. The predicted octanol–water partition coefficient (Wildman–Crippen LogP) is 2.53. The quantitative estimate of drug-likeness (QED) is 0.750. The highest BCUT2D eigenvalue weighted by Gasteiger charge is 2.15. The summed E-state index contributed by atoms with van der Waals surface area (Å²) in [6.45, 7) is 6.14. The van der Waals surface area contributed by atoms with E-state index in [2.05, 4.69) is 10.2 Å². The third kappa shape index (κ3) is 5.66. The topological polar surface area (TPSA) is 50.8 Å². The molecular formula is C17H26N2O3. The van der Waals surface area contributed by atoms with Gasteiger partial charge < -0.3 is 14.8 Å². The van der Waals surface area contributed by atoms with Gasteiger partial charge in [0.25, 0.3) is 0 Å². The Morgan fingerprint density at radius 3 is 2.73 bits per heavy atom. The molecule has 0 spiro atoms. The molecule has 2 rings (SSSR count). The molecule has 1 fully saturated rings. The molecule has 1 aromatic carbocycles. The van der Waals surface area contributed by atoms with Crippen molar-refractivity contribution in [3.63, 3.8) is 0 Å². The second-order valence-electron chi connectivity index (χ2n) is 5.43. The van der Waals surface area contributed by atoms with E-state index in [-0.39, 0.29) is 5.91 Å². The van der Waals surface area contributed by atoms with Crippen LogP contribution < -0.4 is 10.1 Å². The zero-order chi connectivity index (χ0) is 15.6. The lowest BCUT2D eigenvalue weighted by Gasteiger charge is -2.25. The number of ether oxygens (including phenoxy) is 2. The fourth-order valence-corrected chi connectivity index (χ4v) is 2.56. The lowest BCUT2D eigenvalue weighted by Crippen LogP contribution is -2.36. The first-order valence-electron chi connectivity index (χ1n) is 8.11. The zero-order valence-electron chi connectivity index (χ0n) is 13.3. The van der Waals surface area contributed by atoms with Crippen LogP contribution in [-0.2, 0) is 9.53 Å². The summed E-state index contributed by atoms with van der Waals surface area (Å²) in [5, 5.41) is 2.95. The van der Waals surface area contributed by atoms with Crippen LogP contribution in [0.25, 0.3) is 0 Å². The molecule has 122 valence electrons. The minimum atomic E-state index is 0.0164. The van der Waals surface area contributed by atoms with Crippen LogP contribution >= 0.6 is 0 Å². The van der Waals surface area contributed by atoms with Gasteiger partial charge in [-0.1, -0.05) is 18.6 Å². The van der Waals surface area contributed by atoms with Gasteiger partial charge in [-0.2, -0.15) is 0 Å². The molecule has 0 aromatic heterocycles.